The Hall–Kier alpha value is -0.770. The van der Waals surface area contributed by atoms with Gasteiger partial charge in [0.2, 0.25) is 5.91 Å². The maximum Gasteiger partial charge on any atom is 0.226 e. The first-order valence-corrected chi connectivity index (χ1v) is 7.65. The summed E-state index contributed by atoms with van der Waals surface area (Å²) < 4.78 is 0. The summed E-state index contributed by atoms with van der Waals surface area (Å²) in [5.41, 5.74) is 6.77. The van der Waals surface area contributed by atoms with Crippen molar-refractivity contribution in [2.75, 3.05) is 13.6 Å². The van der Waals surface area contributed by atoms with Gasteiger partial charge >= 0.3 is 0 Å². The van der Waals surface area contributed by atoms with Crippen LogP contribution in [0.2, 0.25) is 5.02 Å². The summed E-state index contributed by atoms with van der Waals surface area (Å²) in [6, 6.07) is 7.68. The summed E-state index contributed by atoms with van der Waals surface area (Å²) in [5, 5.41) is 0.710. The molecule has 1 aromatic rings. The van der Waals surface area contributed by atoms with Crippen LogP contribution in [0.4, 0.5) is 0 Å². The molecule has 0 bridgehead atoms. The van der Waals surface area contributed by atoms with Gasteiger partial charge in [0.25, 0.3) is 0 Å². The minimum Gasteiger partial charge on any atom is -0.339 e. The average Bonchev–Trinajstić information content (AvgIpc) is 2.94. The minimum atomic E-state index is -0.0183. The van der Waals surface area contributed by atoms with Gasteiger partial charge in [0.15, 0.2) is 0 Å². The number of amides is 1. The molecule has 21 heavy (non-hydrogen) atoms. The smallest absolute Gasteiger partial charge is 0.226 e. The molecule has 0 aliphatic heterocycles. The van der Waals surface area contributed by atoms with E-state index in [2.05, 4.69) is 0 Å². The third kappa shape index (κ3) is 3.91. The zero-order valence-electron chi connectivity index (χ0n) is 12.6. The lowest BCUT2D eigenvalue weighted by Crippen LogP contribution is -2.38. The molecule has 0 radical (unpaired) electrons. The van der Waals surface area contributed by atoms with E-state index in [1.165, 1.54) is 0 Å². The molecule has 2 N–H and O–H groups in total. The first-order chi connectivity index (χ1) is 9.56. The monoisotopic (exact) mass is 330 g/mol. The minimum absolute atomic E-state index is 0. The Bertz CT molecular complexity index is 481. The molecule has 1 aromatic carbocycles. The number of nitrogens with zero attached hydrogens (tertiary/aromatic N) is 1. The molecule has 1 fully saturated rings. The van der Waals surface area contributed by atoms with Gasteiger partial charge in [-0.05, 0) is 43.9 Å². The molecule has 0 spiro atoms. The van der Waals surface area contributed by atoms with Crippen LogP contribution in [0.5, 0.6) is 0 Å². The van der Waals surface area contributed by atoms with Crippen molar-refractivity contribution in [1.29, 1.82) is 0 Å². The van der Waals surface area contributed by atoms with Crippen molar-refractivity contribution in [2.24, 2.45) is 17.6 Å². The highest BCUT2D eigenvalue weighted by Crippen LogP contribution is 2.34. The summed E-state index contributed by atoms with van der Waals surface area (Å²) in [6.45, 7) is 2.62. The molecule has 5 heteroatoms. The quantitative estimate of drug-likeness (QED) is 0.915. The van der Waals surface area contributed by atoms with Crippen molar-refractivity contribution in [1.82, 2.24) is 4.90 Å². The second-order valence-corrected chi connectivity index (χ2v) is 6.09. The second-order valence-electron chi connectivity index (χ2n) is 5.68. The number of rotatable bonds is 4. The van der Waals surface area contributed by atoms with Gasteiger partial charge in [0, 0.05) is 18.0 Å². The molecule has 0 heterocycles. The van der Waals surface area contributed by atoms with E-state index in [-0.39, 0.29) is 30.3 Å². The Morgan fingerprint density at radius 3 is 2.71 bits per heavy atom. The van der Waals surface area contributed by atoms with Crippen molar-refractivity contribution in [3.8, 4) is 0 Å². The van der Waals surface area contributed by atoms with E-state index in [4.69, 9.17) is 17.3 Å². The molecule has 0 aromatic heterocycles. The maximum atomic E-state index is 12.7. The Balaban J connectivity index is 0.00000220. The van der Waals surface area contributed by atoms with E-state index < -0.39 is 0 Å². The van der Waals surface area contributed by atoms with E-state index in [0.717, 1.165) is 24.8 Å². The third-order valence-corrected chi connectivity index (χ3v) is 4.91. The van der Waals surface area contributed by atoms with Crippen LogP contribution >= 0.6 is 24.0 Å². The second kappa shape index (κ2) is 8.02. The van der Waals surface area contributed by atoms with Crippen LogP contribution in [0.1, 0.15) is 37.8 Å². The van der Waals surface area contributed by atoms with E-state index in [1.807, 2.05) is 43.1 Å². The molecule has 2 rings (SSSR count). The highest BCUT2D eigenvalue weighted by Gasteiger charge is 2.35. The fourth-order valence-electron chi connectivity index (χ4n) is 3.12. The average molecular weight is 331 g/mol. The Morgan fingerprint density at radius 1 is 1.43 bits per heavy atom. The van der Waals surface area contributed by atoms with Gasteiger partial charge in [0.1, 0.15) is 0 Å². The normalized spacial score (nSPS) is 22.5. The maximum absolute atomic E-state index is 12.7. The molecule has 1 aliphatic carbocycles. The number of carbonyl (C=O) groups is 1. The van der Waals surface area contributed by atoms with Crippen molar-refractivity contribution in [3.05, 3.63) is 34.9 Å². The lowest BCUT2D eigenvalue weighted by Gasteiger charge is -2.30. The van der Waals surface area contributed by atoms with Gasteiger partial charge in [-0.2, -0.15) is 0 Å². The molecule has 118 valence electrons. The van der Waals surface area contributed by atoms with Crippen LogP contribution in [0.25, 0.3) is 0 Å². The molecular weight excluding hydrogens is 307 g/mol. The molecule has 1 saturated carbocycles. The van der Waals surface area contributed by atoms with Crippen molar-refractivity contribution in [3.63, 3.8) is 0 Å². The van der Waals surface area contributed by atoms with Crippen molar-refractivity contribution < 1.29 is 4.79 Å². The van der Waals surface area contributed by atoms with E-state index in [9.17, 15) is 4.79 Å². The number of nitrogens with two attached hydrogens (primary N) is 1. The van der Waals surface area contributed by atoms with Crippen LogP contribution in [0, 0.1) is 11.8 Å². The Morgan fingerprint density at radius 2 is 2.10 bits per heavy atom. The SMILES string of the molecule is CC(c1ccccc1Cl)N(C)C(=O)[C@@H]1CCC[C@@H]1CN.Cl. The Labute approximate surface area is 138 Å². The molecule has 0 saturated heterocycles. The lowest BCUT2D eigenvalue weighted by atomic mass is 9.94. The molecule has 3 nitrogen and oxygen atoms in total. The fraction of sp³-hybridized carbons (Fsp3) is 0.562. The van der Waals surface area contributed by atoms with Crippen molar-refractivity contribution >= 4 is 29.9 Å². The summed E-state index contributed by atoms with van der Waals surface area (Å²) in [6.07, 6.45) is 3.13. The summed E-state index contributed by atoms with van der Waals surface area (Å²) in [4.78, 5) is 14.5. The highest BCUT2D eigenvalue weighted by molar-refractivity contribution is 6.31. The van der Waals surface area contributed by atoms with Crippen LogP contribution in [0.3, 0.4) is 0 Å². The zero-order chi connectivity index (χ0) is 14.7. The molecule has 3 atom stereocenters. The molecule has 1 amide bonds. The topological polar surface area (TPSA) is 46.3 Å². The van der Waals surface area contributed by atoms with Crippen LogP contribution in [0.15, 0.2) is 24.3 Å². The molecule has 1 aliphatic rings. The van der Waals surface area contributed by atoms with Crippen molar-refractivity contribution in [2.45, 2.75) is 32.2 Å². The van der Waals surface area contributed by atoms with Gasteiger partial charge in [-0.15, -0.1) is 12.4 Å². The first kappa shape index (κ1) is 18.3. The molecular formula is C16H24Cl2N2O. The van der Waals surface area contributed by atoms with Gasteiger partial charge in [0.05, 0.1) is 6.04 Å². The zero-order valence-corrected chi connectivity index (χ0v) is 14.2. The highest BCUT2D eigenvalue weighted by atomic mass is 35.5. The van der Waals surface area contributed by atoms with Gasteiger partial charge in [-0.3, -0.25) is 4.79 Å². The predicted molar refractivity (Wildman–Crippen MR) is 89.8 cm³/mol. The van der Waals surface area contributed by atoms with Crippen LogP contribution < -0.4 is 5.73 Å². The number of hydrogen-bond donors (Lipinski definition) is 1. The first-order valence-electron chi connectivity index (χ1n) is 7.27. The summed E-state index contributed by atoms with van der Waals surface area (Å²) >= 11 is 6.23. The largest absolute Gasteiger partial charge is 0.339 e. The predicted octanol–water partition coefficient (Wildman–Crippen LogP) is 3.66. The number of hydrogen-bond acceptors (Lipinski definition) is 2. The van der Waals surface area contributed by atoms with Crippen LogP contribution in [-0.2, 0) is 4.79 Å². The summed E-state index contributed by atoms with van der Waals surface area (Å²) in [7, 11) is 1.86. The van der Waals surface area contributed by atoms with Gasteiger partial charge < -0.3 is 10.6 Å². The summed E-state index contributed by atoms with van der Waals surface area (Å²) in [5.74, 6) is 0.615. The van der Waals surface area contributed by atoms with E-state index >= 15 is 0 Å². The van der Waals surface area contributed by atoms with Gasteiger partial charge in [-0.1, -0.05) is 36.2 Å². The molecule has 1 unspecified atom stereocenters. The Kier molecular flexibility index (Phi) is 6.98. The van der Waals surface area contributed by atoms with Crippen LogP contribution in [-0.4, -0.2) is 24.4 Å². The van der Waals surface area contributed by atoms with E-state index in [0.29, 0.717) is 17.5 Å². The standard InChI is InChI=1S/C16H23ClN2O.ClH/c1-11(13-7-3-4-9-15(13)17)19(2)16(20)14-8-5-6-12(14)10-18;/h3-4,7,9,11-12,14H,5-6,8,10,18H2,1-2H3;1H/t11?,12-,14-;/m1./s1. The number of halogens is 2. The number of carbonyl (C=O) groups excluding carboxylic acids is 1. The third-order valence-electron chi connectivity index (χ3n) is 4.56. The fourth-order valence-corrected chi connectivity index (χ4v) is 3.41. The number of benzene rings is 1. The lowest BCUT2D eigenvalue weighted by molar-refractivity contribution is -0.137. The van der Waals surface area contributed by atoms with E-state index in [1.54, 1.807) is 0 Å². The van der Waals surface area contributed by atoms with Gasteiger partial charge in [-0.25, -0.2) is 0 Å².